The van der Waals surface area contributed by atoms with Crippen LogP contribution in [0.15, 0.2) is 72.8 Å². The van der Waals surface area contributed by atoms with Crippen LogP contribution in [0.5, 0.6) is 0 Å². The van der Waals surface area contributed by atoms with Gasteiger partial charge in [-0.1, -0.05) is 0 Å². The second-order valence-corrected chi connectivity index (χ2v) is 23.9. The average Bonchev–Trinajstić information content (AvgIpc) is 3.95. The van der Waals surface area contributed by atoms with Gasteiger partial charge in [-0.25, -0.2) is 0 Å². The quantitative estimate of drug-likeness (QED) is 0.152. The second-order valence-electron chi connectivity index (χ2n) is 17.4. The molecule has 14 rings (SSSR count). The highest BCUT2D eigenvalue weighted by Gasteiger charge is 2.53. The Labute approximate surface area is 320 Å². The molecule has 0 atom stereocenters. The SMILES string of the molecule is c1cc(-c2ccc(-c3ccc(C45CC6CC(CC(C6)C4)C5)s3)s2)sc1-c1ccc(-c2ccc(-c3ccc(C45CC6CC(CC(C6)C4)C5)s3)s2)s1. The van der Waals surface area contributed by atoms with Gasteiger partial charge in [0, 0.05) is 69.4 Å². The third-order valence-corrected chi connectivity index (χ3v) is 22.0. The van der Waals surface area contributed by atoms with Crippen molar-refractivity contribution >= 4 is 68.0 Å². The second kappa shape index (κ2) is 11.4. The lowest BCUT2D eigenvalue weighted by Gasteiger charge is -2.56. The molecule has 0 spiro atoms. The molecule has 0 radical (unpaired) electrons. The summed E-state index contributed by atoms with van der Waals surface area (Å²) < 4.78 is 0. The van der Waals surface area contributed by atoms with E-state index < -0.39 is 0 Å². The van der Waals surface area contributed by atoms with Crippen LogP contribution in [0.25, 0.3) is 48.8 Å². The Morgan fingerprint density at radius 1 is 0.280 bits per heavy atom. The lowest BCUT2D eigenvalue weighted by Crippen LogP contribution is -2.48. The van der Waals surface area contributed by atoms with E-state index in [2.05, 4.69) is 95.5 Å². The van der Waals surface area contributed by atoms with E-state index in [4.69, 9.17) is 0 Å². The van der Waals surface area contributed by atoms with Crippen molar-refractivity contribution in [1.29, 1.82) is 0 Å². The van der Waals surface area contributed by atoms with Crippen LogP contribution in [0.1, 0.15) is 86.8 Å². The van der Waals surface area contributed by atoms with Crippen LogP contribution < -0.4 is 0 Å². The van der Waals surface area contributed by atoms with E-state index in [0.717, 1.165) is 35.5 Å². The predicted molar refractivity (Wildman–Crippen MR) is 221 cm³/mol. The first-order chi connectivity index (χ1) is 24.5. The largest absolute Gasteiger partial charge is 0.139 e. The normalized spacial score (nSPS) is 33.6. The fourth-order valence-corrected chi connectivity index (χ4v) is 19.7. The Morgan fingerprint density at radius 2 is 0.480 bits per heavy atom. The van der Waals surface area contributed by atoms with E-state index in [1.807, 2.05) is 45.3 Å². The fourth-order valence-electron chi connectivity index (χ4n) is 12.7. The molecule has 8 aliphatic carbocycles. The number of rotatable bonds is 7. The monoisotopic (exact) mass is 762 g/mol. The molecule has 0 saturated heterocycles. The van der Waals surface area contributed by atoms with Crippen LogP contribution in [0, 0.1) is 35.5 Å². The molecular weight excluding hydrogens is 721 g/mol. The molecule has 8 fully saturated rings. The molecule has 0 aromatic carbocycles. The Bertz CT molecular complexity index is 1990. The first-order valence-electron chi connectivity index (χ1n) is 19.1. The molecule has 6 aromatic heterocycles. The Morgan fingerprint density at radius 3 is 0.720 bits per heavy atom. The fraction of sp³-hybridized carbons (Fsp3) is 0.455. The Balaban J connectivity index is 0.754. The van der Waals surface area contributed by atoms with Gasteiger partial charge in [-0.15, -0.1) is 68.0 Å². The van der Waals surface area contributed by atoms with Crippen LogP contribution in [0.4, 0.5) is 0 Å². The van der Waals surface area contributed by atoms with Gasteiger partial charge < -0.3 is 0 Å². The minimum absolute atomic E-state index is 0.506. The first-order valence-corrected chi connectivity index (χ1v) is 24.0. The molecular formula is C44H42S6. The molecule has 254 valence electrons. The third-order valence-electron chi connectivity index (χ3n) is 14.0. The highest BCUT2D eigenvalue weighted by atomic mass is 32.1. The molecule has 50 heavy (non-hydrogen) atoms. The van der Waals surface area contributed by atoms with E-state index >= 15 is 0 Å². The Kier molecular flexibility index (Phi) is 6.96. The number of thiophene rings is 6. The van der Waals surface area contributed by atoms with Gasteiger partial charge in [0.15, 0.2) is 0 Å². The molecule has 0 aliphatic heterocycles. The van der Waals surface area contributed by atoms with Crippen LogP contribution in [-0.4, -0.2) is 0 Å². The summed E-state index contributed by atoms with van der Waals surface area (Å²) in [4.78, 5) is 17.6. The van der Waals surface area contributed by atoms with Crippen molar-refractivity contribution in [2.24, 2.45) is 35.5 Å². The average molecular weight is 763 g/mol. The van der Waals surface area contributed by atoms with Crippen molar-refractivity contribution < 1.29 is 0 Å². The van der Waals surface area contributed by atoms with Gasteiger partial charge >= 0.3 is 0 Å². The summed E-state index contributed by atoms with van der Waals surface area (Å²) in [6.45, 7) is 0. The van der Waals surface area contributed by atoms with Crippen molar-refractivity contribution in [3.8, 4) is 48.8 Å². The van der Waals surface area contributed by atoms with Crippen molar-refractivity contribution in [2.75, 3.05) is 0 Å². The van der Waals surface area contributed by atoms with E-state index in [1.165, 1.54) is 126 Å². The molecule has 0 amide bonds. The summed E-state index contributed by atoms with van der Waals surface area (Å²) in [7, 11) is 0. The maximum atomic E-state index is 2.52. The molecule has 0 N–H and O–H groups in total. The summed E-state index contributed by atoms with van der Waals surface area (Å²) in [5.74, 6) is 6.03. The molecule has 0 nitrogen and oxygen atoms in total. The lowest BCUT2D eigenvalue weighted by atomic mass is 9.49. The van der Waals surface area contributed by atoms with Gasteiger partial charge in [0.05, 0.1) is 0 Å². The van der Waals surface area contributed by atoms with Crippen LogP contribution >= 0.6 is 68.0 Å². The molecule has 0 unspecified atom stereocenters. The minimum Gasteiger partial charge on any atom is -0.139 e. The van der Waals surface area contributed by atoms with Gasteiger partial charge in [0.1, 0.15) is 0 Å². The zero-order valence-electron chi connectivity index (χ0n) is 28.3. The van der Waals surface area contributed by atoms with Crippen LogP contribution in [-0.2, 0) is 10.8 Å². The third kappa shape index (κ3) is 4.94. The van der Waals surface area contributed by atoms with Crippen molar-refractivity contribution in [3.63, 3.8) is 0 Å². The summed E-state index contributed by atoms with van der Waals surface area (Å²) in [5.41, 5.74) is 1.01. The smallest absolute Gasteiger partial charge is 0.0449 e. The first kappa shape index (κ1) is 30.6. The minimum atomic E-state index is 0.506. The van der Waals surface area contributed by atoms with Crippen molar-refractivity contribution in [3.05, 3.63) is 82.6 Å². The number of hydrogen-bond donors (Lipinski definition) is 0. The molecule has 8 bridgehead atoms. The maximum Gasteiger partial charge on any atom is 0.0449 e. The van der Waals surface area contributed by atoms with E-state index in [-0.39, 0.29) is 0 Å². The van der Waals surface area contributed by atoms with E-state index in [0.29, 0.717) is 10.8 Å². The van der Waals surface area contributed by atoms with Crippen LogP contribution in [0.3, 0.4) is 0 Å². The molecule has 6 aromatic rings. The highest BCUT2D eigenvalue weighted by molar-refractivity contribution is 7.30. The number of hydrogen-bond acceptors (Lipinski definition) is 6. The lowest BCUT2D eigenvalue weighted by molar-refractivity contribution is -0.00359. The predicted octanol–water partition coefficient (Wildman–Crippen LogP) is 15.3. The van der Waals surface area contributed by atoms with Gasteiger partial charge in [-0.05, 0) is 185 Å². The molecule has 8 saturated carbocycles. The summed E-state index contributed by atoms with van der Waals surface area (Å²) >= 11 is 12.1. The van der Waals surface area contributed by atoms with Gasteiger partial charge in [-0.2, -0.15) is 0 Å². The molecule has 6 heterocycles. The van der Waals surface area contributed by atoms with Crippen molar-refractivity contribution in [2.45, 2.75) is 87.9 Å². The van der Waals surface area contributed by atoms with E-state index in [1.54, 1.807) is 9.75 Å². The topological polar surface area (TPSA) is 0 Å². The molecule has 6 heteroatoms. The van der Waals surface area contributed by atoms with Gasteiger partial charge in [0.25, 0.3) is 0 Å². The summed E-state index contributed by atoms with van der Waals surface area (Å²) in [5, 5.41) is 0. The zero-order valence-corrected chi connectivity index (χ0v) is 33.2. The molecule has 8 aliphatic rings. The van der Waals surface area contributed by atoms with Gasteiger partial charge in [-0.3, -0.25) is 0 Å². The zero-order chi connectivity index (χ0) is 32.6. The summed E-state index contributed by atoms with van der Waals surface area (Å²) in [6.07, 6.45) is 17.9. The Hall–Kier alpha value is -1.80. The van der Waals surface area contributed by atoms with E-state index in [9.17, 15) is 0 Å². The summed E-state index contributed by atoms with van der Waals surface area (Å²) in [6, 6.07) is 28.8. The highest BCUT2D eigenvalue weighted by Crippen LogP contribution is 2.63. The van der Waals surface area contributed by atoms with Crippen LogP contribution in [0.2, 0.25) is 0 Å². The van der Waals surface area contributed by atoms with Crippen molar-refractivity contribution in [1.82, 2.24) is 0 Å². The maximum absolute atomic E-state index is 2.52. The standard InChI is InChI=1S/C44H42S6/c1-3-33(35-5-7-37(47-35)39-9-11-41(49-39)43-19-25-13-26(20-43)15-27(14-25)21-43)45-31(1)32-2-4-34(46-32)36-6-8-38(48-36)40-10-12-42(50-40)44-22-28-16-29(23-44)18-30(17-28)24-44/h1-12,25-30H,13-24H2. The van der Waals surface area contributed by atoms with Gasteiger partial charge in [0.2, 0.25) is 0 Å².